The molecule has 3 N–H and O–H groups in total. The normalized spacial score (nSPS) is 19.9. The second-order valence-corrected chi connectivity index (χ2v) is 6.22. The Kier molecular flexibility index (Phi) is 2.94. The number of aliphatic imine (C=N–C) groups is 1. The Morgan fingerprint density at radius 3 is 2.42 bits per heavy atom. The molecule has 26 heavy (non-hydrogen) atoms. The molecular weight excluding hydrogens is 332 g/mol. The first-order valence-corrected chi connectivity index (χ1v) is 8.05. The highest BCUT2D eigenvalue weighted by molar-refractivity contribution is 5.78. The lowest BCUT2D eigenvalue weighted by Gasteiger charge is -2.33. The highest BCUT2D eigenvalue weighted by atomic mass is 16.5. The number of fused-ring (bicyclic) bond motifs is 4. The molecule has 0 radical (unpaired) electrons. The average Bonchev–Trinajstić information content (AvgIpc) is 3.06. The molecule has 0 saturated heterocycles. The summed E-state index contributed by atoms with van der Waals surface area (Å²) < 4.78 is 11.5. The number of phenolic OH excluding ortho intramolecular Hbond substituents is 1. The third-order valence-corrected chi connectivity index (χ3v) is 4.68. The molecule has 0 saturated carbocycles. The van der Waals surface area contributed by atoms with Crippen molar-refractivity contribution in [2.75, 3.05) is 6.61 Å². The molecule has 0 fully saturated rings. The van der Waals surface area contributed by atoms with Crippen LogP contribution in [0.2, 0.25) is 0 Å². The van der Waals surface area contributed by atoms with Crippen molar-refractivity contribution < 1.29 is 14.6 Å². The molecule has 2 aliphatic heterocycles. The summed E-state index contributed by atoms with van der Waals surface area (Å²) in [5.41, 5.74) is 8.32. The van der Waals surface area contributed by atoms with Gasteiger partial charge in [0.05, 0.1) is 0 Å². The summed E-state index contributed by atoms with van der Waals surface area (Å²) in [7, 11) is 0. The van der Waals surface area contributed by atoms with Gasteiger partial charge in [-0.15, -0.1) is 0 Å². The lowest BCUT2D eigenvalue weighted by molar-refractivity contribution is 0.264. The maximum Gasteiger partial charge on any atom is 0.283 e. The topological polar surface area (TPSA) is 103 Å². The largest absolute Gasteiger partial charge is 0.508 e. The molecule has 7 nitrogen and oxygen atoms in total. The average molecular weight is 346 g/mol. The quantitative estimate of drug-likeness (QED) is 0.702. The van der Waals surface area contributed by atoms with Crippen LogP contribution in [0.1, 0.15) is 11.1 Å². The lowest BCUT2D eigenvalue weighted by atomic mass is 9.80. The van der Waals surface area contributed by atoms with Crippen molar-refractivity contribution >= 4 is 6.02 Å². The van der Waals surface area contributed by atoms with Gasteiger partial charge in [-0.25, -0.2) is 15.0 Å². The van der Waals surface area contributed by atoms with Gasteiger partial charge in [-0.1, -0.05) is 6.07 Å². The minimum absolute atomic E-state index is 0.112. The zero-order valence-corrected chi connectivity index (χ0v) is 13.6. The molecule has 1 aromatic heterocycles. The fraction of sp³-hybridized carbons (Fsp3) is 0.105. The Hall–Kier alpha value is -3.61. The number of amidine groups is 1. The number of ether oxygens (including phenoxy) is 2. The first kappa shape index (κ1) is 14.7. The van der Waals surface area contributed by atoms with Gasteiger partial charge < -0.3 is 20.3 Å². The Morgan fingerprint density at radius 2 is 1.69 bits per heavy atom. The number of hydrogen-bond donors (Lipinski definition) is 2. The zero-order chi connectivity index (χ0) is 17.7. The van der Waals surface area contributed by atoms with Crippen molar-refractivity contribution in [3.05, 3.63) is 66.2 Å². The van der Waals surface area contributed by atoms with Crippen LogP contribution in [0.3, 0.4) is 0 Å². The van der Waals surface area contributed by atoms with Crippen molar-refractivity contribution in [1.29, 1.82) is 0 Å². The van der Waals surface area contributed by atoms with Gasteiger partial charge in [0.1, 0.15) is 30.2 Å². The molecule has 0 amide bonds. The van der Waals surface area contributed by atoms with Gasteiger partial charge in [0.25, 0.3) is 6.02 Å². The molecular formula is C19H14N4O3. The van der Waals surface area contributed by atoms with Crippen molar-refractivity contribution in [2.24, 2.45) is 10.7 Å². The number of phenols is 1. The molecule has 3 aromatic rings. The van der Waals surface area contributed by atoms with Crippen LogP contribution < -0.4 is 10.5 Å². The van der Waals surface area contributed by atoms with Crippen LogP contribution in [-0.4, -0.2) is 27.7 Å². The van der Waals surface area contributed by atoms with Gasteiger partial charge in [0, 0.05) is 29.1 Å². The Bertz CT molecular complexity index is 1050. The van der Waals surface area contributed by atoms with E-state index < -0.39 is 5.54 Å². The first-order valence-electron chi connectivity index (χ1n) is 8.05. The van der Waals surface area contributed by atoms with Crippen LogP contribution in [0.15, 0.2) is 60.1 Å². The second-order valence-electron chi connectivity index (χ2n) is 6.22. The van der Waals surface area contributed by atoms with Crippen LogP contribution in [0, 0.1) is 0 Å². The number of hydrogen-bond acceptors (Lipinski definition) is 7. The summed E-state index contributed by atoms with van der Waals surface area (Å²) in [4.78, 5) is 12.7. The van der Waals surface area contributed by atoms with Crippen LogP contribution in [0.25, 0.3) is 11.1 Å². The lowest BCUT2D eigenvalue weighted by Crippen LogP contribution is -2.31. The SMILES string of the molecule is NC1=N[C@@]2(CO1)c1cc(O)ccc1Oc1ccc(-c3cncnc3)cc12. The van der Waals surface area contributed by atoms with Gasteiger partial charge in [-0.3, -0.25) is 0 Å². The van der Waals surface area contributed by atoms with Crippen molar-refractivity contribution in [3.8, 4) is 28.4 Å². The molecule has 1 spiro atoms. The van der Waals surface area contributed by atoms with Crippen LogP contribution >= 0.6 is 0 Å². The zero-order valence-electron chi connectivity index (χ0n) is 13.6. The first-order chi connectivity index (χ1) is 12.7. The summed E-state index contributed by atoms with van der Waals surface area (Å²) in [6.07, 6.45) is 4.97. The number of rotatable bonds is 1. The van der Waals surface area contributed by atoms with Gasteiger partial charge in [-0.05, 0) is 35.9 Å². The van der Waals surface area contributed by atoms with E-state index in [0.717, 1.165) is 16.7 Å². The highest BCUT2D eigenvalue weighted by Gasteiger charge is 2.47. The minimum atomic E-state index is -0.864. The Morgan fingerprint density at radius 1 is 0.962 bits per heavy atom. The minimum Gasteiger partial charge on any atom is -0.508 e. The third kappa shape index (κ3) is 2.03. The van der Waals surface area contributed by atoms with Gasteiger partial charge >= 0.3 is 0 Å². The van der Waals surface area contributed by atoms with E-state index in [1.54, 1.807) is 30.6 Å². The fourth-order valence-electron chi connectivity index (χ4n) is 3.47. The molecule has 128 valence electrons. The molecule has 0 aliphatic carbocycles. The summed E-state index contributed by atoms with van der Waals surface area (Å²) in [6.45, 7) is 0.236. The predicted octanol–water partition coefficient (Wildman–Crippen LogP) is 2.54. The predicted molar refractivity (Wildman–Crippen MR) is 94.0 cm³/mol. The van der Waals surface area contributed by atoms with Crippen molar-refractivity contribution in [1.82, 2.24) is 9.97 Å². The number of aromatic hydroxyl groups is 1. The van der Waals surface area contributed by atoms with Gasteiger partial charge in [0.2, 0.25) is 0 Å². The Balaban J connectivity index is 1.76. The van der Waals surface area contributed by atoms with E-state index in [1.807, 2.05) is 18.2 Å². The summed E-state index contributed by atoms with van der Waals surface area (Å²) in [5, 5.41) is 9.99. The van der Waals surface area contributed by atoms with Crippen LogP contribution in [0.4, 0.5) is 0 Å². The summed E-state index contributed by atoms with van der Waals surface area (Å²) in [5.74, 6) is 1.42. The van der Waals surface area contributed by atoms with Crippen molar-refractivity contribution in [2.45, 2.75) is 5.54 Å². The Labute approximate surface area is 148 Å². The standard InChI is InChI=1S/C19H14N4O3/c20-18-23-19(9-25-18)14-5-11(12-7-21-10-22-8-12)1-3-16(14)26-17-4-2-13(24)6-15(17)19/h1-8,10,24H,9H2,(H2,20,23)/t19-/m1/s1. The van der Waals surface area contributed by atoms with Gasteiger partial charge in [0.15, 0.2) is 5.54 Å². The summed E-state index contributed by atoms with van der Waals surface area (Å²) >= 11 is 0. The third-order valence-electron chi connectivity index (χ3n) is 4.68. The van der Waals surface area contributed by atoms with E-state index in [2.05, 4.69) is 15.0 Å². The maximum atomic E-state index is 9.99. The molecule has 7 heteroatoms. The van der Waals surface area contributed by atoms with E-state index in [9.17, 15) is 5.11 Å². The molecule has 0 unspecified atom stereocenters. The molecule has 3 heterocycles. The van der Waals surface area contributed by atoms with E-state index >= 15 is 0 Å². The molecule has 5 rings (SSSR count). The number of nitrogens with zero attached hydrogens (tertiary/aromatic N) is 3. The van der Waals surface area contributed by atoms with Crippen LogP contribution in [-0.2, 0) is 10.3 Å². The molecule has 0 bridgehead atoms. The summed E-state index contributed by atoms with van der Waals surface area (Å²) in [6, 6.07) is 10.9. The smallest absolute Gasteiger partial charge is 0.283 e. The van der Waals surface area contributed by atoms with Crippen LogP contribution in [0.5, 0.6) is 17.2 Å². The molecule has 2 aliphatic rings. The van der Waals surface area contributed by atoms with Crippen molar-refractivity contribution in [3.63, 3.8) is 0 Å². The number of aromatic nitrogens is 2. The maximum absolute atomic E-state index is 9.99. The highest BCUT2D eigenvalue weighted by Crippen LogP contribution is 2.52. The number of benzene rings is 2. The van der Waals surface area contributed by atoms with E-state index in [4.69, 9.17) is 15.2 Å². The van der Waals surface area contributed by atoms with E-state index in [1.165, 1.54) is 6.33 Å². The monoisotopic (exact) mass is 346 g/mol. The molecule has 1 atom stereocenters. The van der Waals surface area contributed by atoms with E-state index in [-0.39, 0.29) is 18.4 Å². The fourth-order valence-corrected chi connectivity index (χ4v) is 3.47. The second kappa shape index (κ2) is 5.19. The van der Waals surface area contributed by atoms with E-state index in [0.29, 0.717) is 17.1 Å². The van der Waals surface area contributed by atoms with Gasteiger partial charge in [-0.2, -0.15) is 0 Å². The number of nitrogens with two attached hydrogens (primary N) is 1. The molecule has 2 aromatic carbocycles.